The van der Waals surface area contributed by atoms with Crippen molar-refractivity contribution in [1.82, 2.24) is 13.6 Å². The molecule has 0 atom stereocenters. The number of hydrogen-bond donors (Lipinski definition) is 0. The maximum atomic E-state index is 5.73. The lowest BCUT2D eigenvalue weighted by Crippen LogP contribution is -2.16. The van der Waals surface area contributed by atoms with Crippen molar-refractivity contribution in [2.75, 3.05) is 20.2 Å². The molecule has 18 heavy (non-hydrogen) atoms. The average molecular weight is 265 g/mol. The summed E-state index contributed by atoms with van der Waals surface area (Å²) in [5.74, 6) is 1.32. The Morgan fingerprint density at radius 3 is 3.00 bits per heavy atom. The number of rotatable bonds is 5. The Balaban J connectivity index is 2.03. The van der Waals surface area contributed by atoms with Crippen LogP contribution in [0.5, 0.6) is 5.88 Å². The van der Waals surface area contributed by atoms with Crippen molar-refractivity contribution in [3.8, 4) is 5.88 Å². The van der Waals surface area contributed by atoms with E-state index in [1.165, 1.54) is 11.7 Å². The molecule has 1 aliphatic heterocycles. The molecule has 4 nitrogen and oxygen atoms in total. The van der Waals surface area contributed by atoms with Gasteiger partial charge in [-0.15, -0.1) is 4.37 Å². The molecule has 0 radical (unpaired) electrons. The monoisotopic (exact) mass is 265 g/mol. The van der Waals surface area contributed by atoms with E-state index in [1.807, 2.05) is 19.3 Å². The van der Waals surface area contributed by atoms with Gasteiger partial charge in [0, 0.05) is 19.2 Å². The first-order valence-corrected chi connectivity index (χ1v) is 6.93. The molecule has 2 rings (SSSR count). The highest BCUT2D eigenvalue weighted by Crippen LogP contribution is 2.26. The van der Waals surface area contributed by atoms with Gasteiger partial charge in [-0.2, -0.15) is 4.37 Å². The topological polar surface area (TPSA) is 38.3 Å². The molecule has 0 fully saturated rings. The molecular formula is C13H19N3OS. The van der Waals surface area contributed by atoms with Crippen LogP contribution in [0.1, 0.15) is 26.0 Å². The van der Waals surface area contributed by atoms with Crippen LogP contribution in [0, 0.1) is 5.92 Å². The maximum absolute atomic E-state index is 5.73. The van der Waals surface area contributed by atoms with Gasteiger partial charge in [0.25, 0.3) is 5.88 Å². The molecule has 0 saturated carbocycles. The number of likely N-dealkylation sites (N-methyl/N-ethyl adjacent to an activating group) is 1. The van der Waals surface area contributed by atoms with Gasteiger partial charge in [-0.1, -0.05) is 19.9 Å². The van der Waals surface area contributed by atoms with E-state index in [0.717, 1.165) is 24.2 Å². The van der Waals surface area contributed by atoms with E-state index in [1.54, 1.807) is 0 Å². The second kappa shape index (κ2) is 6.00. The van der Waals surface area contributed by atoms with Crippen LogP contribution in [0.15, 0.2) is 18.4 Å². The number of allylic oxidation sites excluding steroid dienone is 2. The average Bonchev–Trinajstić information content (AvgIpc) is 2.77. The molecule has 1 aromatic heterocycles. The molecule has 5 heteroatoms. The smallest absolute Gasteiger partial charge is 0.253 e. The number of hydrogen-bond acceptors (Lipinski definition) is 5. The van der Waals surface area contributed by atoms with Crippen LogP contribution in [-0.2, 0) is 0 Å². The minimum absolute atomic E-state index is 0.642. The van der Waals surface area contributed by atoms with Gasteiger partial charge < -0.3 is 9.64 Å². The van der Waals surface area contributed by atoms with Crippen molar-refractivity contribution in [3.63, 3.8) is 0 Å². The molecule has 0 aromatic carbocycles. The van der Waals surface area contributed by atoms with Crippen molar-refractivity contribution in [3.05, 3.63) is 24.0 Å². The summed E-state index contributed by atoms with van der Waals surface area (Å²) in [6.07, 6.45) is 7.18. The normalized spacial score (nSPS) is 15.1. The molecule has 0 bridgehead atoms. The first-order chi connectivity index (χ1) is 8.66. The highest BCUT2D eigenvalue weighted by molar-refractivity contribution is 6.99. The molecule has 0 aliphatic carbocycles. The first kappa shape index (κ1) is 13.1. The van der Waals surface area contributed by atoms with Crippen LogP contribution < -0.4 is 4.74 Å². The second-order valence-corrected chi connectivity index (χ2v) is 5.43. The summed E-state index contributed by atoms with van der Waals surface area (Å²) in [6, 6.07) is 0. The van der Waals surface area contributed by atoms with Crippen LogP contribution >= 0.6 is 11.7 Å². The summed E-state index contributed by atoms with van der Waals surface area (Å²) in [5, 5.41) is 0. The molecule has 2 heterocycles. The van der Waals surface area contributed by atoms with Crippen LogP contribution in [0.25, 0.3) is 5.57 Å². The van der Waals surface area contributed by atoms with Crippen LogP contribution in [0.4, 0.5) is 0 Å². The van der Waals surface area contributed by atoms with E-state index in [9.17, 15) is 0 Å². The van der Waals surface area contributed by atoms with Crippen molar-refractivity contribution in [1.29, 1.82) is 0 Å². The Kier molecular flexibility index (Phi) is 4.36. The van der Waals surface area contributed by atoms with Gasteiger partial charge in [-0.3, -0.25) is 0 Å². The standard InChI is InChI=1S/C13H19N3OS/c1-10(2)6-8-17-13-12(14-18-15-13)11-5-4-7-16(3)9-11/h4-5,7,10H,6,8-9H2,1-3H3. The Labute approximate surface area is 112 Å². The zero-order valence-corrected chi connectivity index (χ0v) is 11.9. The van der Waals surface area contributed by atoms with Crippen LogP contribution in [0.3, 0.4) is 0 Å². The third-order valence-corrected chi connectivity index (χ3v) is 3.27. The van der Waals surface area contributed by atoms with Gasteiger partial charge in [-0.25, -0.2) is 0 Å². The minimum Gasteiger partial charge on any atom is -0.475 e. The van der Waals surface area contributed by atoms with E-state index < -0.39 is 0 Å². The van der Waals surface area contributed by atoms with E-state index in [2.05, 4.69) is 33.6 Å². The highest BCUT2D eigenvalue weighted by Gasteiger charge is 2.16. The van der Waals surface area contributed by atoms with Gasteiger partial charge in [0.1, 0.15) is 5.69 Å². The van der Waals surface area contributed by atoms with E-state index in [0.29, 0.717) is 18.4 Å². The van der Waals surface area contributed by atoms with E-state index >= 15 is 0 Å². The molecule has 0 amide bonds. The van der Waals surface area contributed by atoms with Gasteiger partial charge in [0.2, 0.25) is 0 Å². The Bertz CT molecular complexity index is 451. The summed E-state index contributed by atoms with van der Waals surface area (Å²) < 4.78 is 14.3. The fourth-order valence-electron chi connectivity index (χ4n) is 1.70. The number of ether oxygens (including phenoxy) is 1. The summed E-state index contributed by atoms with van der Waals surface area (Å²) in [4.78, 5) is 2.12. The summed E-state index contributed by atoms with van der Waals surface area (Å²) >= 11 is 1.21. The minimum atomic E-state index is 0.642. The SMILES string of the molecule is CC(C)CCOc1nsnc1C1=CC=CN(C)C1. The van der Waals surface area contributed by atoms with E-state index in [4.69, 9.17) is 4.74 Å². The van der Waals surface area contributed by atoms with Gasteiger partial charge in [0.15, 0.2) is 0 Å². The lowest BCUT2D eigenvalue weighted by atomic mass is 10.1. The molecule has 0 saturated heterocycles. The molecule has 0 unspecified atom stereocenters. The fraction of sp³-hybridized carbons (Fsp3) is 0.538. The first-order valence-electron chi connectivity index (χ1n) is 6.20. The van der Waals surface area contributed by atoms with Crippen molar-refractivity contribution in [2.45, 2.75) is 20.3 Å². The lowest BCUT2D eigenvalue weighted by molar-refractivity contribution is 0.280. The zero-order chi connectivity index (χ0) is 13.0. The van der Waals surface area contributed by atoms with Gasteiger partial charge in [0.05, 0.1) is 18.3 Å². The third-order valence-electron chi connectivity index (χ3n) is 2.75. The summed E-state index contributed by atoms with van der Waals surface area (Å²) in [7, 11) is 2.04. The summed E-state index contributed by atoms with van der Waals surface area (Å²) in [6.45, 7) is 5.93. The predicted octanol–water partition coefficient (Wildman–Crippen LogP) is 2.81. The predicted molar refractivity (Wildman–Crippen MR) is 74.6 cm³/mol. The highest BCUT2D eigenvalue weighted by atomic mass is 32.1. The molecule has 0 N–H and O–H groups in total. The van der Waals surface area contributed by atoms with Gasteiger partial charge >= 0.3 is 0 Å². The molecular weight excluding hydrogens is 246 g/mol. The molecule has 1 aliphatic rings. The molecule has 1 aromatic rings. The van der Waals surface area contributed by atoms with Gasteiger partial charge in [-0.05, 0) is 24.6 Å². The van der Waals surface area contributed by atoms with E-state index in [-0.39, 0.29) is 0 Å². The fourth-order valence-corrected chi connectivity index (χ4v) is 2.23. The Morgan fingerprint density at radius 1 is 1.44 bits per heavy atom. The Morgan fingerprint density at radius 2 is 2.28 bits per heavy atom. The van der Waals surface area contributed by atoms with Crippen molar-refractivity contribution >= 4 is 17.3 Å². The third kappa shape index (κ3) is 3.32. The Hall–Kier alpha value is -1.36. The van der Waals surface area contributed by atoms with Crippen molar-refractivity contribution in [2.24, 2.45) is 5.92 Å². The second-order valence-electron chi connectivity index (χ2n) is 4.90. The van der Waals surface area contributed by atoms with Crippen LogP contribution in [0.2, 0.25) is 0 Å². The number of aromatic nitrogens is 2. The maximum Gasteiger partial charge on any atom is 0.253 e. The zero-order valence-electron chi connectivity index (χ0n) is 11.1. The van der Waals surface area contributed by atoms with Crippen LogP contribution in [-0.4, -0.2) is 33.8 Å². The number of nitrogens with zero attached hydrogens (tertiary/aromatic N) is 3. The largest absolute Gasteiger partial charge is 0.475 e. The molecule has 0 spiro atoms. The van der Waals surface area contributed by atoms with Crippen molar-refractivity contribution < 1.29 is 4.74 Å². The molecule has 98 valence electrons. The lowest BCUT2D eigenvalue weighted by Gasteiger charge is -2.18. The quantitative estimate of drug-likeness (QED) is 0.820. The summed E-state index contributed by atoms with van der Waals surface area (Å²) in [5.41, 5.74) is 2.05.